The maximum Gasteiger partial charge on any atom is 0.0850 e. The lowest BCUT2D eigenvalue weighted by Gasteiger charge is -2.16. The first-order valence-corrected chi connectivity index (χ1v) is 7.46. The Bertz CT molecular complexity index is 396. The lowest BCUT2D eigenvalue weighted by molar-refractivity contribution is 0.0660. The number of aromatic nitrogens is 2. The molecule has 0 radical (unpaired) electrons. The third-order valence-corrected chi connectivity index (χ3v) is 3.83. The van der Waals surface area contributed by atoms with Crippen molar-refractivity contribution in [2.45, 2.75) is 32.2 Å². The van der Waals surface area contributed by atoms with E-state index in [2.05, 4.69) is 17.3 Å². The second kappa shape index (κ2) is 9.34. The highest BCUT2D eigenvalue weighted by Gasteiger charge is 2.17. The molecular weight excluding hydrogens is 278 g/mol. The van der Waals surface area contributed by atoms with E-state index in [0.29, 0.717) is 25.9 Å². The Labute approximate surface area is 126 Å². The number of hydrogen-bond donors (Lipinski definition) is 1. The molecule has 0 aliphatic heterocycles. The second-order valence-corrected chi connectivity index (χ2v) is 5.15. The lowest BCUT2D eigenvalue weighted by atomic mass is 10.1. The predicted molar refractivity (Wildman–Crippen MR) is 81.5 cm³/mol. The van der Waals surface area contributed by atoms with E-state index in [1.165, 1.54) is 0 Å². The quantitative estimate of drug-likeness (QED) is 0.670. The number of rotatable bonds is 10. The van der Waals surface area contributed by atoms with Crippen molar-refractivity contribution in [1.29, 1.82) is 0 Å². The van der Waals surface area contributed by atoms with Gasteiger partial charge in [0.2, 0.25) is 0 Å². The Morgan fingerprint density at radius 2 is 2.10 bits per heavy atom. The van der Waals surface area contributed by atoms with Crippen molar-refractivity contribution in [2.24, 2.45) is 7.05 Å². The standard InChI is InChI=1S/C14H26ClN3O2/c1-5-12-14(15)13(18(3)17-12)10-11(16-2)6-7-20-9-8-19-4/h11,16H,5-10H2,1-4H3. The highest BCUT2D eigenvalue weighted by atomic mass is 35.5. The van der Waals surface area contributed by atoms with Crippen molar-refractivity contribution in [1.82, 2.24) is 15.1 Å². The molecule has 1 heterocycles. The van der Waals surface area contributed by atoms with Crippen molar-refractivity contribution < 1.29 is 9.47 Å². The molecule has 0 aliphatic rings. The van der Waals surface area contributed by atoms with Gasteiger partial charge in [0.1, 0.15) is 0 Å². The molecule has 5 nitrogen and oxygen atoms in total. The summed E-state index contributed by atoms with van der Waals surface area (Å²) in [5.74, 6) is 0. The van der Waals surface area contributed by atoms with Crippen LogP contribution in [0.5, 0.6) is 0 Å². The summed E-state index contributed by atoms with van der Waals surface area (Å²) in [5, 5.41) is 8.56. The second-order valence-electron chi connectivity index (χ2n) is 4.77. The molecular formula is C14H26ClN3O2. The van der Waals surface area contributed by atoms with Crippen LogP contribution in [0.25, 0.3) is 0 Å². The Balaban J connectivity index is 2.49. The summed E-state index contributed by atoms with van der Waals surface area (Å²) in [6.07, 6.45) is 2.65. The van der Waals surface area contributed by atoms with E-state index < -0.39 is 0 Å². The van der Waals surface area contributed by atoms with Gasteiger partial charge in [0.05, 0.1) is 29.6 Å². The number of nitrogens with one attached hydrogen (secondary N) is 1. The van der Waals surface area contributed by atoms with Crippen molar-refractivity contribution >= 4 is 11.6 Å². The Hall–Kier alpha value is -0.620. The van der Waals surface area contributed by atoms with Crippen LogP contribution in [0.15, 0.2) is 0 Å². The van der Waals surface area contributed by atoms with E-state index in [1.54, 1.807) is 7.11 Å². The molecule has 0 amide bonds. The van der Waals surface area contributed by atoms with Gasteiger partial charge in [0, 0.05) is 33.2 Å². The van der Waals surface area contributed by atoms with Gasteiger partial charge in [-0.2, -0.15) is 5.10 Å². The molecule has 1 atom stereocenters. The van der Waals surface area contributed by atoms with Crippen molar-refractivity contribution in [3.8, 4) is 0 Å². The first-order valence-electron chi connectivity index (χ1n) is 7.08. The molecule has 1 rings (SSSR count). The van der Waals surface area contributed by atoms with Crippen LogP contribution in [-0.4, -0.2) is 49.8 Å². The number of methoxy groups -OCH3 is 1. The van der Waals surface area contributed by atoms with Crippen molar-refractivity contribution in [3.05, 3.63) is 16.4 Å². The minimum atomic E-state index is 0.329. The monoisotopic (exact) mass is 303 g/mol. The van der Waals surface area contributed by atoms with E-state index in [-0.39, 0.29) is 0 Å². The first kappa shape index (κ1) is 17.4. The molecule has 0 spiro atoms. The van der Waals surface area contributed by atoms with Crippen LogP contribution in [0.4, 0.5) is 0 Å². The molecule has 20 heavy (non-hydrogen) atoms. The SMILES string of the molecule is CCc1nn(C)c(CC(CCOCCOC)NC)c1Cl. The normalized spacial score (nSPS) is 12.8. The van der Waals surface area contributed by atoms with Gasteiger partial charge in [-0.3, -0.25) is 4.68 Å². The van der Waals surface area contributed by atoms with Gasteiger partial charge >= 0.3 is 0 Å². The molecule has 0 saturated heterocycles. The van der Waals surface area contributed by atoms with Gasteiger partial charge in [-0.15, -0.1) is 0 Å². The summed E-state index contributed by atoms with van der Waals surface area (Å²) < 4.78 is 12.3. The summed E-state index contributed by atoms with van der Waals surface area (Å²) in [7, 11) is 5.59. The Kier molecular flexibility index (Phi) is 8.14. The van der Waals surface area contributed by atoms with Crippen molar-refractivity contribution in [2.75, 3.05) is 34.0 Å². The van der Waals surface area contributed by atoms with Gasteiger partial charge in [0.15, 0.2) is 0 Å². The van der Waals surface area contributed by atoms with Gasteiger partial charge in [-0.1, -0.05) is 18.5 Å². The fourth-order valence-electron chi connectivity index (χ4n) is 2.09. The highest BCUT2D eigenvalue weighted by molar-refractivity contribution is 6.31. The summed E-state index contributed by atoms with van der Waals surface area (Å²) in [5.41, 5.74) is 2.05. The molecule has 0 saturated carbocycles. The van der Waals surface area contributed by atoms with Crippen LogP contribution in [0.1, 0.15) is 24.7 Å². The Morgan fingerprint density at radius 1 is 1.35 bits per heavy atom. The zero-order valence-electron chi connectivity index (χ0n) is 12.9. The minimum absolute atomic E-state index is 0.329. The molecule has 0 aliphatic carbocycles. The van der Waals surface area contributed by atoms with Crippen molar-refractivity contribution in [3.63, 3.8) is 0 Å². The van der Waals surface area contributed by atoms with E-state index in [1.807, 2.05) is 18.8 Å². The zero-order chi connectivity index (χ0) is 15.0. The molecule has 116 valence electrons. The molecule has 1 unspecified atom stereocenters. The molecule has 0 bridgehead atoms. The fourth-order valence-corrected chi connectivity index (χ4v) is 2.46. The van der Waals surface area contributed by atoms with Gasteiger partial charge in [-0.25, -0.2) is 0 Å². The summed E-state index contributed by atoms with van der Waals surface area (Å²) >= 11 is 6.37. The van der Waals surface area contributed by atoms with Crippen LogP contribution in [0.3, 0.4) is 0 Å². The summed E-state index contributed by atoms with van der Waals surface area (Å²) in [4.78, 5) is 0. The third kappa shape index (κ3) is 5.05. The average molecular weight is 304 g/mol. The van der Waals surface area contributed by atoms with Gasteiger partial charge in [-0.05, 0) is 19.9 Å². The fraction of sp³-hybridized carbons (Fsp3) is 0.786. The van der Waals surface area contributed by atoms with E-state index in [9.17, 15) is 0 Å². The van der Waals surface area contributed by atoms with Crippen LogP contribution in [0, 0.1) is 0 Å². The maximum atomic E-state index is 6.37. The van der Waals surface area contributed by atoms with Crippen LogP contribution in [-0.2, 0) is 29.4 Å². The summed E-state index contributed by atoms with van der Waals surface area (Å²) in [6.45, 7) is 4.05. The number of ether oxygens (including phenoxy) is 2. The van der Waals surface area contributed by atoms with E-state index in [4.69, 9.17) is 21.1 Å². The number of halogens is 1. The van der Waals surface area contributed by atoms with Crippen LogP contribution in [0.2, 0.25) is 5.02 Å². The third-order valence-electron chi connectivity index (χ3n) is 3.39. The van der Waals surface area contributed by atoms with Gasteiger partial charge < -0.3 is 14.8 Å². The maximum absolute atomic E-state index is 6.37. The average Bonchev–Trinajstić information content (AvgIpc) is 2.72. The minimum Gasteiger partial charge on any atom is -0.382 e. The number of nitrogens with zero attached hydrogens (tertiary/aromatic N) is 2. The zero-order valence-corrected chi connectivity index (χ0v) is 13.7. The van der Waals surface area contributed by atoms with Gasteiger partial charge in [0.25, 0.3) is 0 Å². The smallest absolute Gasteiger partial charge is 0.0850 e. The van der Waals surface area contributed by atoms with Crippen LogP contribution >= 0.6 is 11.6 Å². The predicted octanol–water partition coefficient (Wildman–Crippen LogP) is 1.82. The lowest BCUT2D eigenvalue weighted by Crippen LogP contribution is -2.30. The first-order chi connectivity index (χ1) is 9.63. The van der Waals surface area contributed by atoms with Crippen LogP contribution < -0.4 is 5.32 Å². The van der Waals surface area contributed by atoms with E-state index in [0.717, 1.165) is 35.7 Å². The molecule has 1 aromatic rings. The molecule has 1 N–H and O–H groups in total. The topological polar surface area (TPSA) is 48.3 Å². The molecule has 6 heteroatoms. The highest BCUT2D eigenvalue weighted by Crippen LogP contribution is 2.22. The van der Waals surface area contributed by atoms with E-state index >= 15 is 0 Å². The summed E-state index contributed by atoms with van der Waals surface area (Å²) in [6, 6.07) is 0.329. The Morgan fingerprint density at radius 3 is 2.65 bits per heavy atom. The molecule has 0 fully saturated rings. The number of aryl methyl sites for hydroxylation is 2. The number of hydrogen-bond acceptors (Lipinski definition) is 4. The molecule has 0 aromatic carbocycles. The number of likely N-dealkylation sites (N-methyl/N-ethyl adjacent to an activating group) is 1. The molecule has 1 aromatic heterocycles. The largest absolute Gasteiger partial charge is 0.382 e.